The van der Waals surface area contributed by atoms with Crippen LogP contribution in [-0.4, -0.2) is 49.0 Å². The summed E-state index contributed by atoms with van der Waals surface area (Å²) in [5, 5.41) is 6.74. The van der Waals surface area contributed by atoms with Crippen LogP contribution in [0.25, 0.3) is 0 Å². The second kappa shape index (κ2) is 11.2. The van der Waals surface area contributed by atoms with Gasteiger partial charge in [0.1, 0.15) is 12.3 Å². The predicted octanol–water partition coefficient (Wildman–Crippen LogP) is 2.09. The summed E-state index contributed by atoms with van der Waals surface area (Å²) in [5.41, 5.74) is 6.40. The number of furan rings is 1. The lowest BCUT2D eigenvalue weighted by molar-refractivity contribution is 0.0972. The van der Waals surface area contributed by atoms with Crippen molar-refractivity contribution in [1.82, 2.24) is 15.5 Å². The summed E-state index contributed by atoms with van der Waals surface area (Å²) in [7, 11) is 0. The maximum Gasteiger partial charge on any atom is 0.284 e. The molecule has 1 aliphatic heterocycles. The van der Waals surface area contributed by atoms with Gasteiger partial charge in [0.25, 0.3) is 5.91 Å². The monoisotopic (exact) mass is 475 g/mol. The van der Waals surface area contributed by atoms with E-state index in [1.807, 2.05) is 6.92 Å². The molecule has 1 aromatic heterocycles. The predicted molar refractivity (Wildman–Crippen MR) is 115 cm³/mol. The van der Waals surface area contributed by atoms with Gasteiger partial charge in [-0.1, -0.05) is 12.2 Å². The molecule has 0 saturated carbocycles. The number of aliphatic imine (C=N–C) groups is 1. The zero-order chi connectivity index (χ0) is 18.2. The number of amides is 1. The molecule has 2 rings (SSSR count). The third-order valence-corrected chi connectivity index (χ3v) is 4.06. The van der Waals surface area contributed by atoms with Gasteiger partial charge in [0.2, 0.25) is 0 Å². The fraction of sp³-hybridized carbons (Fsp3) is 0.556. The first-order chi connectivity index (χ1) is 12.0. The average molecular weight is 475 g/mol. The Labute approximate surface area is 172 Å². The Hall–Kier alpha value is -1.55. The van der Waals surface area contributed by atoms with Crippen molar-refractivity contribution in [3.63, 3.8) is 0 Å². The van der Waals surface area contributed by atoms with Crippen LogP contribution < -0.4 is 16.4 Å². The highest BCUT2D eigenvalue weighted by atomic mass is 127. The first-order valence-electron chi connectivity index (χ1n) is 8.78. The molecular weight excluding hydrogens is 445 g/mol. The number of hydrogen-bond acceptors (Lipinski definition) is 4. The molecule has 0 aromatic carbocycles. The van der Waals surface area contributed by atoms with Crippen LogP contribution in [0.1, 0.15) is 43.0 Å². The summed E-state index contributed by atoms with van der Waals surface area (Å²) in [6, 6.07) is 3.70. The summed E-state index contributed by atoms with van der Waals surface area (Å²) in [6.07, 6.45) is 2.15. The average Bonchev–Trinajstić information content (AvgIpc) is 3.03. The van der Waals surface area contributed by atoms with E-state index in [9.17, 15) is 4.79 Å². The lowest BCUT2D eigenvalue weighted by Gasteiger charge is -2.33. The molecule has 0 atom stereocenters. The molecule has 0 radical (unpaired) electrons. The van der Waals surface area contributed by atoms with E-state index < -0.39 is 5.91 Å². The molecule has 1 aliphatic rings. The van der Waals surface area contributed by atoms with Crippen molar-refractivity contribution in [3.05, 3.63) is 35.8 Å². The Bertz CT molecular complexity index is 621. The molecule has 1 amide bonds. The van der Waals surface area contributed by atoms with Gasteiger partial charge in [-0.15, -0.1) is 24.0 Å². The summed E-state index contributed by atoms with van der Waals surface area (Å²) in [5.74, 6) is 0.968. The third kappa shape index (κ3) is 7.36. The summed E-state index contributed by atoms with van der Waals surface area (Å²) < 4.78 is 5.36. The number of carbonyl (C=O) groups excluding carboxylic acids is 1. The number of carbonyl (C=O) groups is 1. The quantitative estimate of drug-likeness (QED) is 0.243. The fourth-order valence-corrected chi connectivity index (χ4v) is 2.88. The zero-order valence-corrected chi connectivity index (χ0v) is 17.9. The SMILES string of the molecule is C=C(C)CN1CCC(NC(=NCc2ccc(C(N)=O)o2)NCC)CC1.I. The number of halogens is 1. The zero-order valence-electron chi connectivity index (χ0n) is 15.6. The van der Waals surface area contributed by atoms with E-state index >= 15 is 0 Å². The maximum atomic E-state index is 11.1. The van der Waals surface area contributed by atoms with Crippen molar-refractivity contribution < 1.29 is 9.21 Å². The number of likely N-dealkylation sites (tertiary alicyclic amines) is 1. The Morgan fingerprint density at radius 3 is 2.65 bits per heavy atom. The van der Waals surface area contributed by atoms with Crippen LogP contribution >= 0.6 is 24.0 Å². The topological polar surface area (TPSA) is 95.9 Å². The minimum atomic E-state index is -0.568. The number of guanidine groups is 1. The number of nitrogens with one attached hydrogen (secondary N) is 2. The van der Waals surface area contributed by atoms with Crippen molar-refractivity contribution in [2.24, 2.45) is 10.7 Å². The van der Waals surface area contributed by atoms with E-state index in [-0.39, 0.29) is 29.7 Å². The van der Waals surface area contributed by atoms with Gasteiger partial charge in [-0.05, 0) is 38.8 Å². The lowest BCUT2D eigenvalue weighted by atomic mass is 10.0. The van der Waals surface area contributed by atoms with Crippen molar-refractivity contribution in [1.29, 1.82) is 0 Å². The smallest absolute Gasteiger partial charge is 0.284 e. The fourth-order valence-electron chi connectivity index (χ4n) is 2.88. The van der Waals surface area contributed by atoms with E-state index in [0.29, 0.717) is 18.3 Å². The van der Waals surface area contributed by atoms with Crippen LogP contribution in [0.5, 0.6) is 0 Å². The van der Waals surface area contributed by atoms with Crippen molar-refractivity contribution in [3.8, 4) is 0 Å². The van der Waals surface area contributed by atoms with Crippen molar-refractivity contribution in [2.45, 2.75) is 39.3 Å². The molecule has 26 heavy (non-hydrogen) atoms. The number of hydrogen-bond donors (Lipinski definition) is 3. The van der Waals surface area contributed by atoms with E-state index in [1.54, 1.807) is 12.1 Å². The van der Waals surface area contributed by atoms with Crippen LogP contribution in [0, 0.1) is 0 Å². The van der Waals surface area contributed by atoms with Crippen LogP contribution in [0.4, 0.5) is 0 Å². The number of primary amides is 1. The highest BCUT2D eigenvalue weighted by Gasteiger charge is 2.19. The number of rotatable bonds is 7. The molecule has 1 saturated heterocycles. The molecule has 4 N–H and O–H groups in total. The lowest BCUT2D eigenvalue weighted by Crippen LogP contribution is -2.48. The summed E-state index contributed by atoms with van der Waals surface area (Å²) in [6.45, 7) is 12.3. The van der Waals surface area contributed by atoms with Gasteiger partial charge >= 0.3 is 0 Å². The molecule has 2 heterocycles. The molecule has 0 spiro atoms. The van der Waals surface area contributed by atoms with Crippen LogP contribution in [-0.2, 0) is 6.54 Å². The third-order valence-electron chi connectivity index (χ3n) is 4.06. The molecule has 1 fully saturated rings. The van der Waals surface area contributed by atoms with Gasteiger partial charge in [-0.2, -0.15) is 0 Å². The molecule has 8 heteroatoms. The normalized spacial score (nSPS) is 16.0. The van der Waals surface area contributed by atoms with E-state index in [2.05, 4.69) is 34.0 Å². The number of nitrogens with zero attached hydrogens (tertiary/aromatic N) is 2. The van der Waals surface area contributed by atoms with Crippen LogP contribution in [0.15, 0.2) is 33.7 Å². The minimum absolute atomic E-state index is 0. The highest BCUT2D eigenvalue weighted by Crippen LogP contribution is 2.12. The Morgan fingerprint density at radius 2 is 2.12 bits per heavy atom. The number of nitrogens with two attached hydrogens (primary N) is 1. The molecule has 0 aliphatic carbocycles. The number of piperidine rings is 1. The summed E-state index contributed by atoms with van der Waals surface area (Å²) in [4.78, 5) is 18.0. The molecule has 0 bridgehead atoms. The Balaban J connectivity index is 0.00000338. The molecule has 7 nitrogen and oxygen atoms in total. The van der Waals surface area contributed by atoms with Gasteiger partial charge in [-0.25, -0.2) is 4.99 Å². The van der Waals surface area contributed by atoms with E-state index in [1.165, 1.54) is 5.57 Å². The molecule has 146 valence electrons. The molecule has 0 unspecified atom stereocenters. The van der Waals surface area contributed by atoms with E-state index in [0.717, 1.165) is 45.0 Å². The van der Waals surface area contributed by atoms with Crippen LogP contribution in [0.3, 0.4) is 0 Å². The first kappa shape index (κ1) is 22.5. The Kier molecular flexibility index (Phi) is 9.71. The Morgan fingerprint density at radius 1 is 1.42 bits per heavy atom. The maximum absolute atomic E-state index is 11.1. The highest BCUT2D eigenvalue weighted by molar-refractivity contribution is 14.0. The van der Waals surface area contributed by atoms with Gasteiger partial charge in [0.05, 0.1) is 0 Å². The summed E-state index contributed by atoms with van der Waals surface area (Å²) >= 11 is 0. The van der Waals surface area contributed by atoms with Gasteiger partial charge < -0.3 is 20.8 Å². The van der Waals surface area contributed by atoms with Crippen molar-refractivity contribution in [2.75, 3.05) is 26.2 Å². The van der Waals surface area contributed by atoms with E-state index in [4.69, 9.17) is 10.2 Å². The van der Waals surface area contributed by atoms with Gasteiger partial charge in [0, 0.05) is 32.2 Å². The molecule has 1 aromatic rings. The van der Waals surface area contributed by atoms with Gasteiger partial charge in [0.15, 0.2) is 11.7 Å². The first-order valence-corrected chi connectivity index (χ1v) is 8.78. The van der Waals surface area contributed by atoms with Crippen molar-refractivity contribution >= 4 is 35.8 Å². The second-order valence-electron chi connectivity index (χ2n) is 6.48. The molecular formula is C18H30IN5O2. The van der Waals surface area contributed by atoms with Crippen LogP contribution in [0.2, 0.25) is 0 Å². The standard InChI is InChI=1S/C18H29N5O2.HI/c1-4-20-18(21-11-15-5-6-16(25-15)17(19)24)22-14-7-9-23(10-8-14)12-13(2)3;/h5-6,14H,2,4,7-12H2,1,3H3,(H2,19,24)(H2,20,21,22);1H. The largest absolute Gasteiger partial charge is 0.454 e. The minimum Gasteiger partial charge on any atom is -0.454 e. The second-order valence-corrected chi connectivity index (χ2v) is 6.48. The van der Waals surface area contributed by atoms with Gasteiger partial charge in [-0.3, -0.25) is 9.69 Å².